The van der Waals surface area contributed by atoms with Crippen molar-refractivity contribution < 1.29 is 22.3 Å². The number of ether oxygens (including phenoxy) is 1. The van der Waals surface area contributed by atoms with E-state index < -0.39 is 27.2 Å². The SMILES string of the molecule is COC(=O)c1sccc1NS(=O)(=O)c1ccc(F)cc1C(C)(C)C. The Hall–Kier alpha value is -1.93. The van der Waals surface area contributed by atoms with Crippen LogP contribution in [0.5, 0.6) is 0 Å². The first-order chi connectivity index (χ1) is 11.1. The number of esters is 1. The van der Waals surface area contributed by atoms with Crippen molar-refractivity contribution in [3.8, 4) is 0 Å². The van der Waals surface area contributed by atoms with Gasteiger partial charge in [0.15, 0.2) is 0 Å². The number of carbonyl (C=O) groups excluding carboxylic acids is 1. The summed E-state index contributed by atoms with van der Waals surface area (Å²) in [5.41, 5.74) is -0.0904. The summed E-state index contributed by atoms with van der Waals surface area (Å²) in [6, 6.07) is 5.01. The fourth-order valence-electron chi connectivity index (χ4n) is 2.16. The smallest absolute Gasteiger partial charge is 0.350 e. The summed E-state index contributed by atoms with van der Waals surface area (Å²) < 4.78 is 46.1. The van der Waals surface area contributed by atoms with Gasteiger partial charge in [0.1, 0.15) is 10.7 Å². The summed E-state index contributed by atoms with van der Waals surface area (Å²) in [5.74, 6) is -1.14. The highest BCUT2D eigenvalue weighted by molar-refractivity contribution is 7.92. The van der Waals surface area contributed by atoms with Gasteiger partial charge >= 0.3 is 5.97 Å². The van der Waals surface area contributed by atoms with Crippen LogP contribution in [0, 0.1) is 5.82 Å². The van der Waals surface area contributed by atoms with E-state index in [1.807, 2.05) is 0 Å². The van der Waals surface area contributed by atoms with Crippen LogP contribution in [0.15, 0.2) is 34.5 Å². The van der Waals surface area contributed by atoms with Crippen molar-refractivity contribution in [1.29, 1.82) is 0 Å². The summed E-state index contributed by atoms with van der Waals surface area (Å²) in [7, 11) is -2.78. The lowest BCUT2D eigenvalue weighted by molar-refractivity contribution is 0.0607. The van der Waals surface area contributed by atoms with E-state index in [9.17, 15) is 17.6 Å². The lowest BCUT2D eigenvalue weighted by atomic mass is 9.87. The molecule has 24 heavy (non-hydrogen) atoms. The third-order valence-electron chi connectivity index (χ3n) is 3.32. The normalized spacial score (nSPS) is 12.0. The molecule has 1 aromatic carbocycles. The quantitative estimate of drug-likeness (QED) is 0.831. The number of hydrogen-bond donors (Lipinski definition) is 1. The molecule has 2 rings (SSSR count). The van der Waals surface area contributed by atoms with Gasteiger partial charge in [0.05, 0.1) is 17.7 Å². The molecule has 0 aliphatic rings. The summed E-state index contributed by atoms with van der Waals surface area (Å²) in [4.78, 5) is 11.8. The van der Waals surface area contributed by atoms with Crippen LogP contribution in [0.3, 0.4) is 0 Å². The lowest BCUT2D eigenvalue weighted by Crippen LogP contribution is -2.21. The average molecular weight is 371 g/mol. The summed E-state index contributed by atoms with van der Waals surface area (Å²) in [5, 5.41) is 1.58. The molecule has 0 spiro atoms. The molecule has 0 aliphatic carbocycles. The topological polar surface area (TPSA) is 72.5 Å². The Morgan fingerprint density at radius 3 is 2.50 bits per heavy atom. The molecule has 1 N–H and O–H groups in total. The van der Waals surface area contributed by atoms with Crippen molar-refractivity contribution in [2.75, 3.05) is 11.8 Å². The average Bonchev–Trinajstić information content (AvgIpc) is 2.92. The van der Waals surface area contributed by atoms with Crippen LogP contribution in [-0.2, 0) is 20.2 Å². The van der Waals surface area contributed by atoms with Gasteiger partial charge < -0.3 is 4.74 Å². The number of rotatable bonds is 4. The molecular formula is C16H18FNO4S2. The Morgan fingerprint density at radius 2 is 1.92 bits per heavy atom. The third-order valence-corrected chi connectivity index (χ3v) is 5.64. The predicted molar refractivity (Wildman–Crippen MR) is 91.6 cm³/mol. The minimum absolute atomic E-state index is 0.0292. The molecule has 5 nitrogen and oxygen atoms in total. The number of benzene rings is 1. The molecule has 0 atom stereocenters. The first kappa shape index (κ1) is 18.4. The first-order valence-electron chi connectivity index (χ1n) is 7.05. The van der Waals surface area contributed by atoms with Gasteiger partial charge in [-0.2, -0.15) is 0 Å². The van der Waals surface area contributed by atoms with E-state index in [4.69, 9.17) is 0 Å². The maximum absolute atomic E-state index is 13.6. The van der Waals surface area contributed by atoms with Gasteiger partial charge in [-0.1, -0.05) is 20.8 Å². The largest absolute Gasteiger partial charge is 0.465 e. The van der Waals surface area contributed by atoms with E-state index in [0.717, 1.165) is 17.4 Å². The molecule has 0 saturated heterocycles. The maximum Gasteiger partial charge on any atom is 0.350 e. The number of nitrogens with one attached hydrogen (secondary N) is 1. The molecule has 0 radical (unpaired) electrons. The second-order valence-electron chi connectivity index (χ2n) is 6.15. The van der Waals surface area contributed by atoms with Crippen molar-refractivity contribution >= 4 is 33.0 Å². The number of anilines is 1. The van der Waals surface area contributed by atoms with Gasteiger partial charge in [-0.3, -0.25) is 4.72 Å². The monoisotopic (exact) mass is 371 g/mol. The fraction of sp³-hybridized carbons (Fsp3) is 0.312. The molecule has 0 unspecified atom stereocenters. The van der Waals surface area contributed by atoms with Crippen LogP contribution >= 0.6 is 11.3 Å². The minimum Gasteiger partial charge on any atom is -0.465 e. The Morgan fingerprint density at radius 1 is 1.25 bits per heavy atom. The van der Waals surface area contributed by atoms with Crippen LogP contribution in [-0.4, -0.2) is 21.5 Å². The van der Waals surface area contributed by atoms with Crippen LogP contribution in [0.2, 0.25) is 0 Å². The zero-order valence-electron chi connectivity index (χ0n) is 13.7. The van der Waals surface area contributed by atoms with Crippen molar-refractivity contribution in [2.24, 2.45) is 0 Å². The molecule has 0 amide bonds. The molecule has 130 valence electrons. The van der Waals surface area contributed by atoms with E-state index in [2.05, 4.69) is 9.46 Å². The zero-order chi connectivity index (χ0) is 18.1. The van der Waals surface area contributed by atoms with Gasteiger partial charge in [0.2, 0.25) is 0 Å². The lowest BCUT2D eigenvalue weighted by Gasteiger charge is -2.23. The zero-order valence-corrected chi connectivity index (χ0v) is 15.3. The van der Waals surface area contributed by atoms with Crippen molar-refractivity contribution in [3.05, 3.63) is 45.9 Å². The number of hydrogen-bond acceptors (Lipinski definition) is 5. The van der Waals surface area contributed by atoms with Gasteiger partial charge in [-0.15, -0.1) is 11.3 Å². The highest BCUT2D eigenvalue weighted by Gasteiger charge is 2.28. The van der Waals surface area contributed by atoms with Gasteiger partial charge in [-0.05, 0) is 40.6 Å². The first-order valence-corrected chi connectivity index (χ1v) is 9.41. The number of halogens is 1. The van der Waals surface area contributed by atoms with E-state index >= 15 is 0 Å². The standard InChI is InChI=1S/C16H18FNO4S2/c1-16(2,3)11-9-10(17)5-6-13(11)24(20,21)18-12-7-8-23-14(12)15(19)22-4/h5-9,18H,1-4H3. The summed E-state index contributed by atoms with van der Waals surface area (Å²) in [6.45, 7) is 5.39. The maximum atomic E-state index is 13.6. The summed E-state index contributed by atoms with van der Waals surface area (Å²) >= 11 is 1.07. The Labute approximate surface area is 144 Å². The molecule has 8 heteroatoms. The third kappa shape index (κ3) is 3.76. The second-order valence-corrected chi connectivity index (χ2v) is 8.72. The molecule has 0 aliphatic heterocycles. The Bertz CT molecular complexity index is 866. The Kier molecular flexibility index (Phi) is 5.00. The van der Waals surface area contributed by atoms with E-state index in [1.165, 1.54) is 25.3 Å². The second kappa shape index (κ2) is 6.52. The van der Waals surface area contributed by atoms with Crippen molar-refractivity contribution in [1.82, 2.24) is 0 Å². The van der Waals surface area contributed by atoms with Crippen LogP contribution < -0.4 is 4.72 Å². The molecular weight excluding hydrogens is 353 g/mol. The number of thiophene rings is 1. The molecule has 1 aromatic heterocycles. The molecule has 0 bridgehead atoms. The molecule has 2 aromatic rings. The minimum atomic E-state index is -4.00. The van der Waals surface area contributed by atoms with Crippen molar-refractivity contribution in [2.45, 2.75) is 31.1 Å². The van der Waals surface area contributed by atoms with Gasteiger partial charge in [0.25, 0.3) is 10.0 Å². The van der Waals surface area contributed by atoms with Crippen LogP contribution in [0.25, 0.3) is 0 Å². The van der Waals surface area contributed by atoms with Gasteiger partial charge in [-0.25, -0.2) is 17.6 Å². The number of sulfonamides is 1. The fourth-order valence-corrected chi connectivity index (χ4v) is 4.46. The molecule has 0 fully saturated rings. The molecule has 1 heterocycles. The van der Waals surface area contributed by atoms with E-state index in [-0.39, 0.29) is 15.5 Å². The van der Waals surface area contributed by atoms with Crippen LogP contribution in [0.1, 0.15) is 36.0 Å². The molecule has 0 saturated carbocycles. The van der Waals surface area contributed by atoms with Gasteiger partial charge in [0, 0.05) is 0 Å². The number of carbonyl (C=O) groups is 1. The Balaban J connectivity index is 2.50. The number of methoxy groups -OCH3 is 1. The van der Waals surface area contributed by atoms with E-state index in [0.29, 0.717) is 5.56 Å². The summed E-state index contributed by atoms with van der Waals surface area (Å²) in [6.07, 6.45) is 0. The van der Waals surface area contributed by atoms with Crippen molar-refractivity contribution in [3.63, 3.8) is 0 Å². The highest BCUT2D eigenvalue weighted by atomic mass is 32.2. The highest BCUT2D eigenvalue weighted by Crippen LogP contribution is 2.32. The van der Waals surface area contributed by atoms with E-state index in [1.54, 1.807) is 26.2 Å². The predicted octanol–water partition coefficient (Wildman–Crippen LogP) is 3.77. The van der Waals surface area contributed by atoms with Crippen LogP contribution in [0.4, 0.5) is 10.1 Å².